The van der Waals surface area contributed by atoms with Gasteiger partial charge in [-0.2, -0.15) is 0 Å². The van der Waals surface area contributed by atoms with Gasteiger partial charge in [0.25, 0.3) is 0 Å². The summed E-state index contributed by atoms with van der Waals surface area (Å²) in [7, 11) is 0. The molecule has 2 heterocycles. The van der Waals surface area contributed by atoms with E-state index in [0.717, 1.165) is 37.9 Å². The molecule has 0 bridgehead atoms. The molecule has 1 fully saturated rings. The first kappa shape index (κ1) is 20.1. The lowest BCUT2D eigenvalue weighted by atomic mass is 9.96. The Kier molecular flexibility index (Phi) is 7.82. The van der Waals surface area contributed by atoms with E-state index < -0.39 is 5.97 Å². The summed E-state index contributed by atoms with van der Waals surface area (Å²) in [6, 6.07) is 14.4. The molecule has 1 unspecified atom stereocenters. The van der Waals surface area contributed by atoms with E-state index in [9.17, 15) is 9.90 Å². The standard InChI is InChI=1S/C21H24N2O2.ClH/c24-21(25)19-8-4-14-23(16-19)15-5-9-20(17-6-2-1-3-7-17)18-10-12-22-13-11-18;/h1-3,6-7,9-13,19H,4-5,8,14-16H2,(H,24,25);1H/b20-9-;. The number of benzene rings is 1. The van der Waals surface area contributed by atoms with Crippen molar-refractivity contribution >= 4 is 23.9 Å². The number of nitrogens with zero attached hydrogens (tertiary/aromatic N) is 2. The number of pyridine rings is 1. The number of piperidine rings is 1. The van der Waals surface area contributed by atoms with Crippen LogP contribution in [-0.2, 0) is 4.79 Å². The lowest BCUT2D eigenvalue weighted by Crippen LogP contribution is -2.39. The number of aromatic nitrogens is 1. The van der Waals surface area contributed by atoms with Crippen LogP contribution < -0.4 is 0 Å². The van der Waals surface area contributed by atoms with E-state index in [1.807, 2.05) is 42.7 Å². The molecule has 26 heavy (non-hydrogen) atoms. The summed E-state index contributed by atoms with van der Waals surface area (Å²) in [6.07, 6.45) is 8.56. The van der Waals surface area contributed by atoms with Crippen molar-refractivity contribution in [3.05, 3.63) is 72.1 Å². The highest BCUT2D eigenvalue weighted by atomic mass is 35.5. The average Bonchev–Trinajstić information content (AvgIpc) is 2.67. The molecule has 1 saturated heterocycles. The smallest absolute Gasteiger partial charge is 0.307 e. The summed E-state index contributed by atoms with van der Waals surface area (Å²) in [5.74, 6) is -0.881. The lowest BCUT2D eigenvalue weighted by molar-refractivity contribution is -0.143. The predicted octanol–water partition coefficient (Wildman–Crippen LogP) is 4.12. The zero-order valence-electron chi connectivity index (χ0n) is 14.8. The molecule has 0 amide bonds. The molecule has 1 atom stereocenters. The molecule has 1 N–H and O–H groups in total. The number of carbonyl (C=O) groups is 1. The highest BCUT2D eigenvalue weighted by Crippen LogP contribution is 2.24. The van der Waals surface area contributed by atoms with Gasteiger partial charge in [-0.3, -0.25) is 9.78 Å². The maximum Gasteiger partial charge on any atom is 0.307 e. The molecule has 1 aliphatic heterocycles. The number of carboxylic acid groups (broad SMARTS) is 1. The molecule has 0 aliphatic carbocycles. The molecule has 1 aliphatic rings. The van der Waals surface area contributed by atoms with Gasteiger partial charge in [0.2, 0.25) is 0 Å². The number of hydrogen-bond donors (Lipinski definition) is 1. The average molecular weight is 373 g/mol. The number of rotatable bonds is 6. The minimum atomic E-state index is -0.665. The van der Waals surface area contributed by atoms with Crippen LogP contribution in [0.4, 0.5) is 0 Å². The first-order valence-corrected chi connectivity index (χ1v) is 8.85. The quantitative estimate of drug-likeness (QED) is 0.828. The first-order valence-electron chi connectivity index (χ1n) is 8.85. The van der Waals surface area contributed by atoms with Crippen LogP contribution in [-0.4, -0.2) is 40.6 Å². The van der Waals surface area contributed by atoms with Gasteiger partial charge in [-0.05, 0) is 54.6 Å². The van der Waals surface area contributed by atoms with Crippen molar-refractivity contribution in [3.8, 4) is 0 Å². The molecule has 138 valence electrons. The van der Waals surface area contributed by atoms with Crippen LogP contribution >= 0.6 is 12.4 Å². The van der Waals surface area contributed by atoms with Gasteiger partial charge in [0, 0.05) is 25.5 Å². The third-order valence-electron chi connectivity index (χ3n) is 4.72. The zero-order chi connectivity index (χ0) is 17.5. The lowest BCUT2D eigenvalue weighted by Gasteiger charge is -2.30. The maximum absolute atomic E-state index is 11.2. The van der Waals surface area contributed by atoms with Crippen molar-refractivity contribution < 1.29 is 9.90 Å². The highest BCUT2D eigenvalue weighted by Gasteiger charge is 2.24. The summed E-state index contributed by atoms with van der Waals surface area (Å²) >= 11 is 0. The van der Waals surface area contributed by atoms with E-state index in [1.54, 1.807) is 0 Å². The van der Waals surface area contributed by atoms with Crippen molar-refractivity contribution in [2.24, 2.45) is 5.92 Å². The van der Waals surface area contributed by atoms with E-state index in [0.29, 0.717) is 6.54 Å². The van der Waals surface area contributed by atoms with E-state index >= 15 is 0 Å². The monoisotopic (exact) mass is 372 g/mol. The van der Waals surface area contributed by atoms with Crippen molar-refractivity contribution in [2.45, 2.75) is 19.3 Å². The number of hydrogen-bond acceptors (Lipinski definition) is 3. The molecule has 0 radical (unpaired) electrons. The van der Waals surface area contributed by atoms with Crippen molar-refractivity contribution in [1.29, 1.82) is 0 Å². The van der Waals surface area contributed by atoms with E-state index in [-0.39, 0.29) is 18.3 Å². The normalized spacial score (nSPS) is 18.2. The Labute approximate surface area is 161 Å². The molecular formula is C21H25ClN2O2. The van der Waals surface area contributed by atoms with Crippen LogP contribution in [0.3, 0.4) is 0 Å². The zero-order valence-corrected chi connectivity index (χ0v) is 15.6. The van der Waals surface area contributed by atoms with Gasteiger partial charge in [-0.15, -0.1) is 12.4 Å². The molecule has 3 rings (SSSR count). The van der Waals surface area contributed by atoms with Gasteiger partial charge in [0.1, 0.15) is 0 Å². The second-order valence-electron chi connectivity index (χ2n) is 6.49. The SMILES string of the molecule is Cl.O=C(O)C1CCCN(CC/C=C(/c2ccccc2)c2ccncc2)C1. The second kappa shape index (κ2) is 10.1. The van der Waals surface area contributed by atoms with Crippen molar-refractivity contribution in [1.82, 2.24) is 9.88 Å². The molecule has 0 saturated carbocycles. The van der Waals surface area contributed by atoms with Gasteiger partial charge in [-0.1, -0.05) is 36.4 Å². The van der Waals surface area contributed by atoms with Gasteiger partial charge in [0.05, 0.1) is 5.92 Å². The first-order chi connectivity index (χ1) is 12.2. The topological polar surface area (TPSA) is 53.4 Å². The largest absolute Gasteiger partial charge is 0.481 e. The van der Waals surface area contributed by atoms with Gasteiger partial charge >= 0.3 is 5.97 Å². The summed E-state index contributed by atoms with van der Waals surface area (Å²) in [5.41, 5.74) is 3.55. The Morgan fingerprint density at radius 2 is 1.85 bits per heavy atom. The summed E-state index contributed by atoms with van der Waals surface area (Å²) < 4.78 is 0. The minimum Gasteiger partial charge on any atom is -0.481 e. The van der Waals surface area contributed by atoms with Gasteiger partial charge in [0.15, 0.2) is 0 Å². The number of aliphatic carboxylic acids is 1. The predicted molar refractivity (Wildman–Crippen MR) is 106 cm³/mol. The van der Waals surface area contributed by atoms with Crippen LogP contribution in [0, 0.1) is 5.92 Å². The van der Waals surface area contributed by atoms with Gasteiger partial charge in [-0.25, -0.2) is 0 Å². The summed E-state index contributed by atoms with van der Waals surface area (Å²) in [4.78, 5) is 17.6. The van der Waals surface area contributed by atoms with Crippen LogP contribution in [0.15, 0.2) is 60.9 Å². The molecule has 4 nitrogen and oxygen atoms in total. The van der Waals surface area contributed by atoms with E-state index in [2.05, 4.69) is 28.1 Å². The minimum absolute atomic E-state index is 0. The molecule has 2 aromatic rings. The molecule has 5 heteroatoms. The Morgan fingerprint density at radius 3 is 2.54 bits per heavy atom. The Morgan fingerprint density at radius 1 is 1.15 bits per heavy atom. The van der Waals surface area contributed by atoms with Crippen LogP contribution in [0.5, 0.6) is 0 Å². The van der Waals surface area contributed by atoms with Crippen LogP contribution in [0.2, 0.25) is 0 Å². The Balaban J connectivity index is 0.00000243. The van der Waals surface area contributed by atoms with E-state index in [1.165, 1.54) is 11.1 Å². The third-order valence-corrected chi connectivity index (χ3v) is 4.72. The van der Waals surface area contributed by atoms with Crippen molar-refractivity contribution in [2.75, 3.05) is 19.6 Å². The Bertz CT molecular complexity index is 678. The molecule has 0 spiro atoms. The second-order valence-corrected chi connectivity index (χ2v) is 6.49. The summed E-state index contributed by atoms with van der Waals surface area (Å²) in [5, 5.41) is 9.22. The third kappa shape index (κ3) is 5.41. The van der Waals surface area contributed by atoms with E-state index in [4.69, 9.17) is 0 Å². The van der Waals surface area contributed by atoms with Crippen LogP contribution in [0.25, 0.3) is 5.57 Å². The number of halogens is 1. The maximum atomic E-state index is 11.2. The molecule has 1 aromatic carbocycles. The molecular weight excluding hydrogens is 348 g/mol. The number of carboxylic acids is 1. The highest BCUT2D eigenvalue weighted by molar-refractivity contribution is 5.85. The molecule has 1 aromatic heterocycles. The Hall–Kier alpha value is -2.17. The number of likely N-dealkylation sites (tertiary alicyclic amines) is 1. The fourth-order valence-corrected chi connectivity index (χ4v) is 3.40. The fourth-order valence-electron chi connectivity index (χ4n) is 3.40. The van der Waals surface area contributed by atoms with Crippen molar-refractivity contribution in [3.63, 3.8) is 0 Å². The summed E-state index contributed by atoms with van der Waals surface area (Å²) in [6.45, 7) is 2.55. The van der Waals surface area contributed by atoms with Gasteiger partial charge < -0.3 is 10.0 Å². The fraction of sp³-hybridized carbons (Fsp3) is 0.333. The van der Waals surface area contributed by atoms with Crippen LogP contribution in [0.1, 0.15) is 30.4 Å².